The fourth-order valence-corrected chi connectivity index (χ4v) is 2.25. The van der Waals surface area contributed by atoms with Crippen molar-refractivity contribution >= 4 is 5.82 Å². The first-order valence-electron chi connectivity index (χ1n) is 6.53. The zero-order valence-corrected chi connectivity index (χ0v) is 11.4. The topological polar surface area (TPSA) is 50.3 Å². The number of ether oxygens (including phenoxy) is 1. The van der Waals surface area contributed by atoms with Gasteiger partial charge in [0.1, 0.15) is 11.6 Å². The number of aromatic nitrogens is 2. The molecule has 1 aromatic heterocycles. The summed E-state index contributed by atoms with van der Waals surface area (Å²) in [7, 11) is 1.88. The minimum atomic E-state index is 0.293. The predicted molar refractivity (Wildman–Crippen MR) is 71.6 cm³/mol. The van der Waals surface area contributed by atoms with E-state index in [2.05, 4.69) is 27.1 Å². The van der Waals surface area contributed by atoms with Crippen molar-refractivity contribution in [3.05, 3.63) is 17.6 Å². The van der Waals surface area contributed by atoms with Gasteiger partial charge in [0.05, 0.1) is 12.6 Å². The lowest BCUT2D eigenvalue weighted by Crippen LogP contribution is -2.30. The van der Waals surface area contributed by atoms with Gasteiger partial charge in [0.2, 0.25) is 0 Å². The normalized spacial score (nSPS) is 21.6. The first kappa shape index (κ1) is 13.2. The van der Waals surface area contributed by atoms with Crippen LogP contribution < -0.4 is 5.32 Å². The highest BCUT2D eigenvalue weighted by molar-refractivity contribution is 5.34. The molecule has 1 unspecified atom stereocenters. The summed E-state index contributed by atoms with van der Waals surface area (Å²) in [6.45, 7) is 7.77. The van der Waals surface area contributed by atoms with Crippen LogP contribution in [0.25, 0.3) is 0 Å². The minimum absolute atomic E-state index is 0.293. The van der Waals surface area contributed by atoms with Gasteiger partial charge < -0.3 is 10.1 Å². The van der Waals surface area contributed by atoms with E-state index in [9.17, 15) is 0 Å². The highest BCUT2D eigenvalue weighted by Gasteiger charge is 2.16. The average Bonchev–Trinajstić information content (AvgIpc) is 2.52. The minimum Gasteiger partial charge on any atom is -0.377 e. The van der Waals surface area contributed by atoms with Crippen molar-refractivity contribution in [3.63, 3.8) is 0 Å². The molecule has 0 amide bonds. The molecule has 0 saturated carbocycles. The molecule has 1 atom stereocenters. The van der Waals surface area contributed by atoms with Crippen LogP contribution in [0, 0.1) is 6.92 Å². The highest BCUT2D eigenvalue weighted by atomic mass is 16.5. The maximum absolute atomic E-state index is 5.64. The van der Waals surface area contributed by atoms with Crippen molar-refractivity contribution in [2.45, 2.75) is 32.9 Å². The molecule has 1 aliphatic rings. The monoisotopic (exact) mass is 250 g/mol. The molecule has 5 heteroatoms. The smallest absolute Gasteiger partial charge is 0.144 e. The molecular weight excluding hydrogens is 228 g/mol. The van der Waals surface area contributed by atoms with E-state index >= 15 is 0 Å². The first-order chi connectivity index (χ1) is 8.67. The van der Waals surface area contributed by atoms with Crippen LogP contribution in [0.2, 0.25) is 0 Å². The molecule has 18 heavy (non-hydrogen) atoms. The molecule has 1 aliphatic heterocycles. The van der Waals surface area contributed by atoms with Gasteiger partial charge in [0.25, 0.3) is 0 Å². The summed E-state index contributed by atoms with van der Waals surface area (Å²) in [5.74, 6) is 1.77. The van der Waals surface area contributed by atoms with Gasteiger partial charge in [-0.2, -0.15) is 0 Å². The summed E-state index contributed by atoms with van der Waals surface area (Å²) in [4.78, 5) is 11.4. The van der Waals surface area contributed by atoms with Crippen molar-refractivity contribution in [1.29, 1.82) is 0 Å². The highest BCUT2D eigenvalue weighted by Crippen LogP contribution is 2.11. The molecule has 2 heterocycles. The van der Waals surface area contributed by atoms with Crippen molar-refractivity contribution in [2.24, 2.45) is 0 Å². The van der Waals surface area contributed by atoms with Gasteiger partial charge in [-0.1, -0.05) is 0 Å². The molecule has 0 aromatic carbocycles. The zero-order chi connectivity index (χ0) is 13.0. The molecule has 2 rings (SSSR count). The second-order valence-electron chi connectivity index (χ2n) is 4.83. The third kappa shape index (κ3) is 3.65. The van der Waals surface area contributed by atoms with Gasteiger partial charge in [-0.25, -0.2) is 9.97 Å². The van der Waals surface area contributed by atoms with Gasteiger partial charge in [-0.15, -0.1) is 0 Å². The standard InChI is InChI=1S/C13H22N4O/c1-10-7-12(14-3)16-13(15-10)9-17-5-4-6-18-11(2)8-17/h7,11H,4-6,8-9H2,1-3H3,(H,14,15,16). The van der Waals surface area contributed by atoms with Crippen LogP contribution in [0.5, 0.6) is 0 Å². The lowest BCUT2D eigenvalue weighted by atomic mass is 10.3. The molecule has 0 aliphatic carbocycles. The third-order valence-corrected chi connectivity index (χ3v) is 3.06. The van der Waals surface area contributed by atoms with Crippen LogP contribution in [0.1, 0.15) is 24.9 Å². The summed E-state index contributed by atoms with van der Waals surface area (Å²) in [5, 5.41) is 3.07. The van der Waals surface area contributed by atoms with E-state index in [1.54, 1.807) is 0 Å². The number of nitrogens with one attached hydrogen (secondary N) is 1. The lowest BCUT2D eigenvalue weighted by Gasteiger charge is -2.21. The van der Waals surface area contributed by atoms with Crippen LogP contribution in [-0.4, -0.2) is 47.7 Å². The Morgan fingerprint density at radius 1 is 1.50 bits per heavy atom. The largest absolute Gasteiger partial charge is 0.377 e. The Bertz CT molecular complexity index is 397. The molecule has 1 saturated heterocycles. The van der Waals surface area contributed by atoms with Gasteiger partial charge >= 0.3 is 0 Å². The molecule has 100 valence electrons. The van der Waals surface area contributed by atoms with E-state index in [0.29, 0.717) is 6.10 Å². The average molecular weight is 250 g/mol. The summed E-state index contributed by atoms with van der Waals surface area (Å²) < 4.78 is 5.64. The number of anilines is 1. The third-order valence-electron chi connectivity index (χ3n) is 3.06. The van der Waals surface area contributed by atoms with Crippen LogP contribution >= 0.6 is 0 Å². The Labute approximate surface area is 109 Å². The van der Waals surface area contributed by atoms with Gasteiger partial charge in [-0.05, 0) is 20.3 Å². The molecule has 1 aromatic rings. The molecular formula is C13H22N4O. The van der Waals surface area contributed by atoms with Gasteiger partial charge in [0, 0.05) is 38.5 Å². The van der Waals surface area contributed by atoms with Gasteiger partial charge in [0.15, 0.2) is 0 Å². The van der Waals surface area contributed by atoms with E-state index in [1.165, 1.54) is 0 Å². The number of nitrogens with zero attached hydrogens (tertiary/aromatic N) is 3. The zero-order valence-electron chi connectivity index (χ0n) is 11.4. The van der Waals surface area contributed by atoms with Crippen molar-refractivity contribution in [2.75, 3.05) is 32.1 Å². The molecule has 1 fully saturated rings. The van der Waals surface area contributed by atoms with E-state index < -0.39 is 0 Å². The van der Waals surface area contributed by atoms with E-state index in [4.69, 9.17) is 4.74 Å². The maximum atomic E-state index is 5.64. The summed E-state index contributed by atoms with van der Waals surface area (Å²) in [6, 6.07) is 1.96. The van der Waals surface area contributed by atoms with Crippen molar-refractivity contribution in [1.82, 2.24) is 14.9 Å². The molecule has 0 spiro atoms. The fraction of sp³-hybridized carbons (Fsp3) is 0.692. The number of hydrogen-bond donors (Lipinski definition) is 1. The van der Waals surface area contributed by atoms with Crippen LogP contribution in [0.15, 0.2) is 6.07 Å². The van der Waals surface area contributed by atoms with E-state index in [-0.39, 0.29) is 0 Å². The van der Waals surface area contributed by atoms with Crippen LogP contribution in [-0.2, 0) is 11.3 Å². The first-order valence-corrected chi connectivity index (χ1v) is 6.53. The van der Waals surface area contributed by atoms with E-state index in [1.807, 2.05) is 20.0 Å². The molecule has 1 N–H and O–H groups in total. The van der Waals surface area contributed by atoms with E-state index in [0.717, 1.165) is 50.0 Å². The summed E-state index contributed by atoms with van der Waals surface area (Å²) in [6.07, 6.45) is 1.37. The van der Waals surface area contributed by atoms with Gasteiger partial charge in [-0.3, -0.25) is 4.90 Å². The van der Waals surface area contributed by atoms with Crippen molar-refractivity contribution in [3.8, 4) is 0 Å². The predicted octanol–water partition coefficient (Wildman–Crippen LogP) is 1.44. The second kappa shape index (κ2) is 6.11. The summed E-state index contributed by atoms with van der Waals surface area (Å²) in [5.41, 5.74) is 1.00. The molecule has 5 nitrogen and oxygen atoms in total. The Balaban J connectivity index is 2.05. The SMILES string of the molecule is CNc1cc(C)nc(CN2CCCOC(C)C2)n1. The summed E-state index contributed by atoms with van der Waals surface area (Å²) >= 11 is 0. The van der Waals surface area contributed by atoms with Crippen LogP contribution in [0.4, 0.5) is 5.82 Å². The maximum Gasteiger partial charge on any atom is 0.144 e. The number of hydrogen-bond acceptors (Lipinski definition) is 5. The molecule has 0 bridgehead atoms. The van der Waals surface area contributed by atoms with Crippen LogP contribution in [0.3, 0.4) is 0 Å². The lowest BCUT2D eigenvalue weighted by molar-refractivity contribution is 0.0664. The molecule has 0 radical (unpaired) electrons. The number of rotatable bonds is 3. The quantitative estimate of drug-likeness (QED) is 0.879. The Morgan fingerprint density at radius 3 is 3.11 bits per heavy atom. The Morgan fingerprint density at radius 2 is 2.33 bits per heavy atom. The Hall–Kier alpha value is -1.20. The Kier molecular flexibility index (Phi) is 4.49. The number of aryl methyl sites for hydroxylation is 1. The second-order valence-corrected chi connectivity index (χ2v) is 4.83. The van der Waals surface area contributed by atoms with Crippen molar-refractivity contribution < 1.29 is 4.74 Å². The fourth-order valence-electron chi connectivity index (χ4n) is 2.25.